The Bertz CT molecular complexity index is 438. The van der Waals surface area contributed by atoms with E-state index < -0.39 is 0 Å². The lowest BCUT2D eigenvalue weighted by Gasteiger charge is -2.26. The van der Waals surface area contributed by atoms with Crippen molar-refractivity contribution in [2.75, 3.05) is 13.1 Å². The highest BCUT2D eigenvalue weighted by Gasteiger charge is 2.23. The molecular formula is C10H14N4O2. The standard InChI is InChI=1S/C10H14N4O2/c1-7-3-8(13(2)12-7)5-14-6-9(15)11-4-10(14)16/h3H,4-6H2,1-2H3,(H,11,15). The van der Waals surface area contributed by atoms with E-state index in [0.717, 1.165) is 11.4 Å². The zero-order valence-corrected chi connectivity index (χ0v) is 9.36. The van der Waals surface area contributed by atoms with E-state index in [2.05, 4.69) is 10.4 Å². The first-order valence-electron chi connectivity index (χ1n) is 5.10. The number of aryl methyl sites for hydroxylation is 2. The van der Waals surface area contributed by atoms with Crippen molar-refractivity contribution in [2.24, 2.45) is 7.05 Å². The van der Waals surface area contributed by atoms with E-state index >= 15 is 0 Å². The molecule has 0 aromatic carbocycles. The number of carbonyl (C=O) groups excluding carboxylic acids is 2. The molecule has 16 heavy (non-hydrogen) atoms. The van der Waals surface area contributed by atoms with Gasteiger partial charge in [0.05, 0.1) is 31.0 Å². The largest absolute Gasteiger partial charge is 0.345 e. The number of rotatable bonds is 2. The Morgan fingerprint density at radius 1 is 1.50 bits per heavy atom. The number of nitrogens with zero attached hydrogens (tertiary/aromatic N) is 3. The van der Waals surface area contributed by atoms with Gasteiger partial charge in [-0.2, -0.15) is 5.10 Å². The maximum absolute atomic E-state index is 11.5. The van der Waals surface area contributed by atoms with Crippen molar-refractivity contribution in [3.63, 3.8) is 0 Å². The average molecular weight is 222 g/mol. The Hall–Kier alpha value is -1.85. The molecule has 2 rings (SSSR count). The van der Waals surface area contributed by atoms with E-state index in [1.54, 1.807) is 4.68 Å². The molecule has 0 spiro atoms. The van der Waals surface area contributed by atoms with Crippen molar-refractivity contribution in [2.45, 2.75) is 13.5 Å². The Morgan fingerprint density at radius 2 is 2.25 bits per heavy atom. The third-order valence-electron chi connectivity index (χ3n) is 2.58. The number of carbonyl (C=O) groups is 2. The minimum Gasteiger partial charge on any atom is -0.345 e. The molecule has 6 nitrogen and oxygen atoms in total. The Morgan fingerprint density at radius 3 is 2.88 bits per heavy atom. The second kappa shape index (κ2) is 3.96. The molecule has 1 fully saturated rings. The van der Waals surface area contributed by atoms with Gasteiger partial charge >= 0.3 is 0 Å². The summed E-state index contributed by atoms with van der Waals surface area (Å²) < 4.78 is 1.73. The van der Waals surface area contributed by atoms with Crippen LogP contribution in [0.4, 0.5) is 0 Å². The molecule has 2 heterocycles. The number of nitrogens with one attached hydrogen (secondary N) is 1. The van der Waals surface area contributed by atoms with E-state index in [1.165, 1.54) is 4.90 Å². The molecule has 0 unspecified atom stereocenters. The predicted octanol–water partition coefficient (Wildman–Crippen LogP) is -0.813. The lowest BCUT2D eigenvalue weighted by atomic mass is 10.3. The molecule has 0 saturated carbocycles. The average Bonchev–Trinajstić information content (AvgIpc) is 2.51. The summed E-state index contributed by atoms with van der Waals surface area (Å²) in [5, 5.41) is 6.71. The number of hydrogen-bond acceptors (Lipinski definition) is 3. The number of amides is 2. The van der Waals surface area contributed by atoms with Crippen LogP contribution in [0.2, 0.25) is 0 Å². The Kier molecular flexibility index (Phi) is 2.64. The molecule has 1 aromatic heterocycles. The van der Waals surface area contributed by atoms with E-state index in [-0.39, 0.29) is 24.9 Å². The molecule has 1 aromatic rings. The van der Waals surface area contributed by atoms with Crippen LogP contribution < -0.4 is 5.32 Å². The highest BCUT2D eigenvalue weighted by molar-refractivity contribution is 5.92. The van der Waals surface area contributed by atoms with Gasteiger partial charge in [-0.25, -0.2) is 0 Å². The first kappa shape index (κ1) is 10.7. The van der Waals surface area contributed by atoms with Crippen molar-refractivity contribution in [3.05, 3.63) is 17.5 Å². The second-order valence-corrected chi connectivity index (χ2v) is 3.93. The van der Waals surface area contributed by atoms with Gasteiger partial charge in [0.15, 0.2) is 0 Å². The van der Waals surface area contributed by atoms with Crippen LogP contribution in [-0.2, 0) is 23.2 Å². The van der Waals surface area contributed by atoms with Crippen LogP contribution in [0.5, 0.6) is 0 Å². The predicted molar refractivity (Wildman–Crippen MR) is 56.4 cm³/mol. The molecule has 86 valence electrons. The molecular weight excluding hydrogens is 208 g/mol. The van der Waals surface area contributed by atoms with Crippen LogP contribution in [0.1, 0.15) is 11.4 Å². The molecule has 0 aliphatic carbocycles. The van der Waals surface area contributed by atoms with E-state index in [4.69, 9.17) is 0 Å². The highest BCUT2D eigenvalue weighted by Crippen LogP contribution is 2.07. The van der Waals surface area contributed by atoms with Crippen LogP contribution in [0.3, 0.4) is 0 Å². The van der Waals surface area contributed by atoms with Crippen LogP contribution in [0.25, 0.3) is 0 Å². The maximum atomic E-state index is 11.5. The molecule has 6 heteroatoms. The summed E-state index contributed by atoms with van der Waals surface area (Å²) in [5.41, 5.74) is 1.84. The monoisotopic (exact) mass is 222 g/mol. The normalized spacial score (nSPS) is 16.5. The highest BCUT2D eigenvalue weighted by atomic mass is 16.2. The lowest BCUT2D eigenvalue weighted by Crippen LogP contribution is -2.51. The van der Waals surface area contributed by atoms with Crippen molar-refractivity contribution in [3.8, 4) is 0 Å². The Labute approximate surface area is 93.2 Å². The fraction of sp³-hybridized carbons (Fsp3) is 0.500. The van der Waals surface area contributed by atoms with Crippen LogP contribution in [0.15, 0.2) is 6.07 Å². The van der Waals surface area contributed by atoms with Crippen LogP contribution >= 0.6 is 0 Å². The molecule has 1 N–H and O–H groups in total. The summed E-state index contributed by atoms with van der Waals surface area (Å²) in [7, 11) is 1.83. The van der Waals surface area contributed by atoms with E-state index in [9.17, 15) is 9.59 Å². The van der Waals surface area contributed by atoms with E-state index in [1.807, 2.05) is 20.0 Å². The molecule has 0 atom stereocenters. The van der Waals surface area contributed by atoms with Gasteiger partial charge in [0.25, 0.3) is 0 Å². The SMILES string of the molecule is Cc1cc(CN2CC(=O)NCC2=O)n(C)n1. The van der Waals surface area contributed by atoms with Gasteiger partial charge < -0.3 is 10.2 Å². The summed E-state index contributed by atoms with van der Waals surface area (Å²) in [5.74, 6) is -0.169. The smallest absolute Gasteiger partial charge is 0.242 e. The second-order valence-electron chi connectivity index (χ2n) is 3.93. The summed E-state index contributed by atoms with van der Waals surface area (Å²) >= 11 is 0. The molecule has 0 bridgehead atoms. The quantitative estimate of drug-likeness (QED) is 0.711. The number of piperazine rings is 1. The third-order valence-corrected chi connectivity index (χ3v) is 2.58. The molecule has 1 saturated heterocycles. The number of aromatic nitrogens is 2. The first-order valence-corrected chi connectivity index (χ1v) is 5.10. The minimum atomic E-state index is -0.113. The van der Waals surface area contributed by atoms with Crippen molar-refractivity contribution < 1.29 is 9.59 Å². The van der Waals surface area contributed by atoms with Crippen LogP contribution in [0, 0.1) is 6.92 Å². The molecule has 1 aliphatic heterocycles. The topological polar surface area (TPSA) is 67.2 Å². The fourth-order valence-electron chi connectivity index (χ4n) is 1.76. The van der Waals surface area contributed by atoms with Gasteiger partial charge in [-0.05, 0) is 13.0 Å². The van der Waals surface area contributed by atoms with Gasteiger partial charge in [0, 0.05) is 7.05 Å². The zero-order valence-electron chi connectivity index (χ0n) is 9.36. The molecule has 2 amide bonds. The van der Waals surface area contributed by atoms with E-state index in [0.29, 0.717) is 6.54 Å². The maximum Gasteiger partial charge on any atom is 0.242 e. The first-order chi connectivity index (χ1) is 7.56. The Balaban J connectivity index is 2.11. The molecule has 1 aliphatic rings. The van der Waals surface area contributed by atoms with Crippen LogP contribution in [-0.4, -0.2) is 39.6 Å². The third kappa shape index (κ3) is 2.05. The fourth-order valence-corrected chi connectivity index (χ4v) is 1.76. The summed E-state index contributed by atoms with van der Waals surface area (Å²) in [4.78, 5) is 24.3. The summed E-state index contributed by atoms with van der Waals surface area (Å²) in [6.45, 7) is 2.55. The van der Waals surface area contributed by atoms with Gasteiger partial charge in [-0.1, -0.05) is 0 Å². The lowest BCUT2D eigenvalue weighted by molar-refractivity contribution is -0.141. The van der Waals surface area contributed by atoms with Crippen molar-refractivity contribution >= 4 is 11.8 Å². The summed E-state index contributed by atoms with van der Waals surface area (Å²) in [6.07, 6.45) is 0. The van der Waals surface area contributed by atoms with Crippen molar-refractivity contribution in [1.82, 2.24) is 20.0 Å². The van der Waals surface area contributed by atoms with Gasteiger partial charge in [-0.3, -0.25) is 14.3 Å². The molecule has 0 radical (unpaired) electrons. The van der Waals surface area contributed by atoms with Gasteiger partial charge in [0.2, 0.25) is 11.8 Å². The van der Waals surface area contributed by atoms with Gasteiger partial charge in [0.1, 0.15) is 0 Å². The van der Waals surface area contributed by atoms with Crippen molar-refractivity contribution in [1.29, 1.82) is 0 Å². The minimum absolute atomic E-state index is 0.0570. The zero-order chi connectivity index (χ0) is 11.7. The number of hydrogen-bond donors (Lipinski definition) is 1. The van der Waals surface area contributed by atoms with Gasteiger partial charge in [-0.15, -0.1) is 0 Å². The summed E-state index contributed by atoms with van der Waals surface area (Å²) in [6, 6.07) is 1.92.